The van der Waals surface area contributed by atoms with Crippen LogP contribution in [0.3, 0.4) is 0 Å². The molecule has 0 saturated carbocycles. The first kappa shape index (κ1) is 16.8. The summed E-state index contributed by atoms with van der Waals surface area (Å²) >= 11 is 3.26. The maximum absolute atomic E-state index is 11.3. The predicted molar refractivity (Wildman–Crippen MR) is 80.9 cm³/mol. The number of methoxy groups -OCH3 is 1. The van der Waals surface area contributed by atoms with E-state index in [-0.39, 0.29) is 11.3 Å². The Bertz CT molecular complexity index is 461. The molecule has 0 heterocycles. The molecular formula is C14H20BrNO4. The number of ether oxygens (including phenoxy) is 2. The number of nitrogens with zero attached hydrogens (tertiary/aromatic N) is 1. The van der Waals surface area contributed by atoms with Gasteiger partial charge in [0.2, 0.25) is 0 Å². The van der Waals surface area contributed by atoms with E-state index in [1.807, 2.05) is 0 Å². The third-order valence-electron chi connectivity index (χ3n) is 3.02. The number of halogens is 1. The van der Waals surface area contributed by atoms with Gasteiger partial charge in [-0.05, 0) is 25.2 Å². The van der Waals surface area contributed by atoms with E-state index in [9.17, 15) is 9.90 Å². The zero-order valence-corrected chi connectivity index (χ0v) is 13.6. The van der Waals surface area contributed by atoms with E-state index in [1.54, 1.807) is 6.07 Å². The normalized spacial score (nSPS) is 10.7. The summed E-state index contributed by atoms with van der Waals surface area (Å²) in [5.41, 5.74) is 0.0933. The molecule has 5 nitrogen and oxygen atoms in total. The minimum absolute atomic E-state index is 0.0933. The zero-order chi connectivity index (χ0) is 15.1. The number of hydrogen-bond donors (Lipinski definition) is 1. The summed E-state index contributed by atoms with van der Waals surface area (Å²) < 4.78 is 11.5. The summed E-state index contributed by atoms with van der Waals surface area (Å²) in [5, 5.41) is 9.24. The lowest BCUT2D eigenvalue weighted by Crippen LogP contribution is -2.28. The molecule has 0 spiro atoms. The van der Waals surface area contributed by atoms with Crippen molar-refractivity contribution in [1.82, 2.24) is 4.90 Å². The summed E-state index contributed by atoms with van der Waals surface area (Å²) in [6.07, 6.45) is 0. The maximum atomic E-state index is 11.3. The number of benzene rings is 1. The Morgan fingerprint density at radius 2 is 2.00 bits per heavy atom. The third-order valence-corrected chi connectivity index (χ3v) is 3.48. The van der Waals surface area contributed by atoms with E-state index < -0.39 is 5.97 Å². The highest BCUT2D eigenvalue weighted by Gasteiger charge is 2.18. The fraction of sp³-hybridized carbons (Fsp3) is 0.500. The lowest BCUT2D eigenvalue weighted by atomic mass is 10.2. The van der Waals surface area contributed by atoms with Crippen LogP contribution in [0.15, 0.2) is 16.6 Å². The van der Waals surface area contributed by atoms with Crippen molar-refractivity contribution in [2.24, 2.45) is 0 Å². The fourth-order valence-corrected chi connectivity index (χ4v) is 2.28. The Hall–Kier alpha value is -1.27. The molecule has 0 radical (unpaired) electrons. The molecule has 0 fully saturated rings. The van der Waals surface area contributed by atoms with Crippen molar-refractivity contribution >= 4 is 21.9 Å². The van der Waals surface area contributed by atoms with Crippen molar-refractivity contribution in [3.05, 3.63) is 22.2 Å². The molecule has 1 rings (SSSR count). The van der Waals surface area contributed by atoms with Gasteiger partial charge in [0.05, 0.1) is 7.11 Å². The molecule has 0 aliphatic carbocycles. The first-order valence-corrected chi connectivity index (χ1v) is 7.28. The lowest BCUT2D eigenvalue weighted by Gasteiger charge is -2.19. The predicted octanol–water partition coefficient (Wildman–Crippen LogP) is 2.88. The van der Waals surface area contributed by atoms with Crippen LogP contribution >= 0.6 is 15.9 Å². The van der Waals surface area contributed by atoms with Crippen molar-refractivity contribution in [3.8, 4) is 11.5 Å². The first-order chi connectivity index (χ1) is 9.53. The largest absolute Gasteiger partial charge is 0.493 e. The molecule has 0 unspecified atom stereocenters. The Kier molecular flexibility index (Phi) is 6.81. The van der Waals surface area contributed by atoms with E-state index in [0.717, 1.165) is 19.6 Å². The molecule has 6 heteroatoms. The second-order valence-corrected chi connectivity index (χ2v) is 5.08. The number of carbonyl (C=O) groups is 1. The summed E-state index contributed by atoms with van der Waals surface area (Å²) in [7, 11) is 1.49. The summed E-state index contributed by atoms with van der Waals surface area (Å²) in [4.78, 5) is 13.5. The van der Waals surface area contributed by atoms with Crippen LogP contribution in [-0.2, 0) is 0 Å². The number of likely N-dealkylation sites (N-methyl/N-ethyl adjacent to an activating group) is 1. The van der Waals surface area contributed by atoms with Crippen LogP contribution in [-0.4, -0.2) is 49.3 Å². The SMILES string of the molecule is CCN(CC)CCOc1c(OC)cc(Br)cc1C(=O)O. The number of carboxylic acid groups (broad SMARTS) is 1. The summed E-state index contributed by atoms with van der Waals surface area (Å²) in [6.45, 7) is 7.18. The average molecular weight is 346 g/mol. The van der Waals surface area contributed by atoms with Gasteiger partial charge in [0.1, 0.15) is 12.2 Å². The molecule has 0 amide bonds. The lowest BCUT2D eigenvalue weighted by molar-refractivity contribution is 0.0690. The van der Waals surface area contributed by atoms with Crippen LogP contribution in [0.2, 0.25) is 0 Å². The van der Waals surface area contributed by atoms with Gasteiger partial charge in [-0.3, -0.25) is 0 Å². The van der Waals surface area contributed by atoms with Gasteiger partial charge >= 0.3 is 5.97 Å². The van der Waals surface area contributed by atoms with E-state index >= 15 is 0 Å². The van der Waals surface area contributed by atoms with E-state index in [2.05, 4.69) is 34.7 Å². The van der Waals surface area contributed by atoms with Gasteiger partial charge in [0.25, 0.3) is 0 Å². The maximum Gasteiger partial charge on any atom is 0.339 e. The molecule has 0 atom stereocenters. The fourth-order valence-electron chi connectivity index (χ4n) is 1.84. The van der Waals surface area contributed by atoms with Crippen LogP contribution in [0.5, 0.6) is 11.5 Å². The van der Waals surface area contributed by atoms with Gasteiger partial charge in [-0.2, -0.15) is 0 Å². The monoisotopic (exact) mass is 345 g/mol. The van der Waals surface area contributed by atoms with Gasteiger partial charge < -0.3 is 19.5 Å². The molecule has 112 valence electrons. The van der Waals surface area contributed by atoms with Crippen LogP contribution in [0.4, 0.5) is 0 Å². The highest BCUT2D eigenvalue weighted by molar-refractivity contribution is 9.10. The highest BCUT2D eigenvalue weighted by Crippen LogP contribution is 2.34. The Labute approximate surface area is 127 Å². The Balaban J connectivity index is 2.89. The third kappa shape index (κ3) is 4.38. The first-order valence-electron chi connectivity index (χ1n) is 6.49. The molecule has 1 aromatic rings. The van der Waals surface area contributed by atoms with Gasteiger partial charge in [0, 0.05) is 11.0 Å². The average Bonchev–Trinajstić information content (AvgIpc) is 2.43. The van der Waals surface area contributed by atoms with Gasteiger partial charge in [-0.15, -0.1) is 0 Å². The van der Waals surface area contributed by atoms with Crippen molar-refractivity contribution in [3.63, 3.8) is 0 Å². The standard InChI is InChI=1S/C14H20BrNO4/c1-4-16(5-2)6-7-20-13-11(14(17)18)8-10(15)9-12(13)19-3/h8-9H,4-7H2,1-3H3,(H,17,18). The zero-order valence-electron chi connectivity index (χ0n) is 12.0. The number of aromatic carboxylic acids is 1. The quantitative estimate of drug-likeness (QED) is 0.784. The molecule has 0 aliphatic rings. The van der Waals surface area contributed by atoms with Crippen molar-refractivity contribution in [2.75, 3.05) is 33.4 Å². The topological polar surface area (TPSA) is 59.0 Å². The Morgan fingerprint density at radius 3 is 2.50 bits per heavy atom. The summed E-state index contributed by atoms with van der Waals surface area (Å²) in [6, 6.07) is 3.21. The smallest absolute Gasteiger partial charge is 0.339 e. The number of carboxylic acids is 1. The second-order valence-electron chi connectivity index (χ2n) is 4.17. The van der Waals surface area contributed by atoms with E-state index in [4.69, 9.17) is 9.47 Å². The van der Waals surface area contributed by atoms with E-state index in [1.165, 1.54) is 13.2 Å². The van der Waals surface area contributed by atoms with Crippen molar-refractivity contribution < 1.29 is 19.4 Å². The molecule has 0 bridgehead atoms. The molecule has 1 aromatic carbocycles. The second kappa shape index (κ2) is 8.11. The number of hydrogen-bond acceptors (Lipinski definition) is 4. The summed E-state index contributed by atoms with van der Waals surface area (Å²) in [5.74, 6) is -0.353. The van der Waals surface area contributed by atoms with Crippen LogP contribution in [0.25, 0.3) is 0 Å². The molecule has 0 aliphatic heterocycles. The van der Waals surface area contributed by atoms with Crippen LogP contribution in [0, 0.1) is 0 Å². The van der Waals surface area contributed by atoms with E-state index in [0.29, 0.717) is 16.8 Å². The highest BCUT2D eigenvalue weighted by atomic mass is 79.9. The van der Waals surface area contributed by atoms with Crippen molar-refractivity contribution in [2.45, 2.75) is 13.8 Å². The molecule has 20 heavy (non-hydrogen) atoms. The molecule has 1 N–H and O–H groups in total. The minimum atomic E-state index is -1.04. The van der Waals surface area contributed by atoms with Gasteiger partial charge in [-0.1, -0.05) is 29.8 Å². The van der Waals surface area contributed by atoms with Crippen LogP contribution in [0.1, 0.15) is 24.2 Å². The number of rotatable bonds is 8. The van der Waals surface area contributed by atoms with Crippen molar-refractivity contribution in [1.29, 1.82) is 0 Å². The molecular weight excluding hydrogens is 326 g/mol. The molecule has 0 aromatic heterocycles. The van der Waals surface area contributed by atoms with Gasteiger partial charge in [0.15, 0.2) is 11.5 Å². The molecule has 0 saturated heterocycles. The minimum Gasteiger partial charge on any atom is -0.493 e. The Morgan fingerprint density at radius 1 is 1.35 bits per heavy atom. The van der Waals surface area contributed by atoms with Crippen LogP contribution < -0.4 is 9.47 Å². The van der Waals surface area contributed by atoms with Gasteiger partial charge in [-0.25, -0.2) is 4.79 Å².